The van der Waals surface area contributed by atoms with E-state index in [-0.39, 0.29) is 41.8 Å². The minimum atomic E-state index is -4.68. The summed E-state index contributed by atoms with van der Waals surface area (Å²) < 4.78 is 63.1. The Kier molecular flexibility index (Phi) is 15.9. The number of hydrogen-bond donors (Lipinski definition) is 3. The van der Waals surface area contributed by atoms with Crippen LogP contribution in [-0.2, 0) is 42.8 Å². The lowest BCUT2D eigenvalue weighted by molar-refractivity contribution is -0.139. The zero-order chi connectivity index (χ0) is 39.8. The average Bonchev–Trinajstić information content (AvgIpc) is 3.19. The number of nitrogens with one attached hydrogen (secondary N) is 2. The van der Waals surface area contributed by atoms with Gasteiger partial charge in [-0.1, -0.05) is 36.4 Å². The fraction of sp³-hybridized carbons (Fsp3) is 0.390. The number of amides is 2. The Hall–Kier alpha value is -5.22. The number of rotatable bonds is 21. The lowest BCUT2D eigenvalue weighted by Gasteiger charge is -2.26. The van der Waals surface area contributed by atoms with E-state index in [4.69, 9.17) is 24.1 Å². The highest BCUT2D eigenvalue weighted by Crippen LogP contribution is 2.36. The molecule has 0 radical (unpaired) electrons. The smallest absolute Gasteiger partial charge is 0.416 e. The van der Waals surface area contributed by atoms with Crippen LogP contribution in [0.15, 0.2) is 79.0 Å². The predicted molar refractivity (Wildman–Crippen MR) is 200 cm³/mol. The van der Waals surface area contributed by atoms with Crippen molar-refractivity contribution in [3.8, 4) is 11.4 Å². The summed E-state index contributed by atoms with van der Waals surface area (Å²) >= 11 is 0. The first-order chi connectivity index (χ1) is 27.1. The van der Waals surface area contributed by atoms with Crippen LogP contribution >= 0.6 is 0 Å². The number of hydrogen-bond acceptors (Lipinski definition) is 9. The van der Waals surface area contributed by atoms with E-state index in [0.29, 0.717) is 64.7 Å². The number of carbonyl (C=O) groups excluding carboxylic acids is 2. The number of nitrogens with zero attached hydrogens (tertiary/aromatic N) is 2. The van der Waals surface area contributed by atoms with E-state index in [9.17, 15) is 27.6 Å². The van der Waals surface area contributed by atoms with Crippen LogP contribution in [0.25, 0.3) is 11.4 Å². The summed E-state index contributed by atoms with van der Waals surface area (Å²) in [5, 5.41) is 14.3. The van der Waals surface area contributed by atoms with Gasteiger partial charge in [0.25, 0.3) is 11.8 Å². The molecule has 0 spiro atoms. The SMILES string of the molecule is O=C(O)CCOCCOCCOCCOCCCc1cccc(C(=O)Nc2ccc(C(F)(F)F)cc2-c2nccc(C(=O)N[C@H]3CCCc4ccccc43)n2)c1. The van der Waals surface area contributed by atoms with Crippen molar-refractivity contribution in [2.24, 2.45) is 0 Å². The molecule has 1 aliphatic rings. The number of alkyl halides is 3. The van der Waals surface area contributed by atoms with Crippen molar-refractivity contribution in [3.63, 3.8) is 0 Å². The number of fused-ring (bicyclic) bond motifs is 1. The van der Waals surface area contributed by atoms with Gasteiger partial charge in [0.05, 0.1) is 70.0 Å². The Balaban J connectivity index is 1.13. The van der Waals surface area contributed by atoms with Crippen LogP contribution in [0.5, 0.6) is 0 Å². The van der Waals surface area contributed by atoms with Crippen LogP contribution in [0.4, 0.5) is 18.9 Å². The molecule has 12 nitrogen and oxygen atoms in total. The van der Waals surface area contributed by atoms with E-state index in [1.807, 2.05) is 30.3 Å². The van der Waals surface area contributed by atoms with Crippen molar-refractivity contribution in [2.45, 2.75) is 50.7 Å². The van der Waals surface area contributed by atoms with Gasteiger partial charge in [-0.25, -0.2) is 9.97 Å². The van der Waals surface area contributed by atoms with E-state index < -0.39 is 29.5 Å². The predicted octanol–water partition coefficient (Wildman–Crippen LogP) is 6.70. The van der Waals surface area contributed by atoms with Gasteiger partial charge in [-0.2, -0.15) is 13.2 Å². The molecule has 298 valence electrons. The van der Waals surface area contributed by atoms with Crippen LogP contribution < -0.4 is 10.6 Å². The summed E-state index contributed by atoms with van der Waals surface area (Å²) in [6.07, 6.45) is 0.433. The molecule has 5 rings (SSSR count). The largest absolute Gasteiger partial charge is 0.481 e. The van der Waals surface area contributed by atoms with E-state index >= 15 is 0 Å². The number of anilines is 1. The number of carboxylic acid groups (broad SMARTS) is 1. The van der Waals surface area contributed by atoms with Gasteiger partial charge in [0.2, 0.25) is 0 Å². The Bertz CT molecular complexity index is 1930. The molecule has 0 saturated carbocycles. The number of aliphatic carboxylic acids is 1. The first-order valence-corrected chi connectivity index (χ1v) is 18.4. The van der Waals surface area contributed by atoms with Gasteiger partial charge in [-0.15, -0.1) is 0 Å². The third-order valence-electron chi connectivity index (χ3n) is 8.92. The number of halogens is 3. The van der Waals surface area contributed by atoms with Crippen LogP contribution in [0.2, 0.25) is 0 Å². The third kappa shape index (κ3) is 12.9. The maximum absolute atomic E-state index is 13.9. The highest BCUT2D eigenvalue weighted by molar-refractivity contribution is 6.06. The summed E-state index contributed by atoms with van der Waals surface area (Å²) in [5.74, 6) is -2.08. The Morgan fingerprint density at radius 3 is 2.25 bits per heavy atom. The molecule has 0 unspecified atom stereocenters. The summed E-state index contributed by atoms with van der Waals surface area (Å²) in [6.45, 7) is 2.81. The zero-order valence-corrected chi connectivity index (χ0v) is 30.8. The Morgan fingerprint density at radius 2 is 1.52 bits per heavy atom. The summed E-state index contributed by atoms with van der Waals surface area (Å²) in [5.41, 5.74) is 2.35. The second-order valence-electron chi connectivity index (χ2n) is 13.0. The highest BCUT2D eigenvalue weighted by Gasteiger charge is 2.32. The van der Waals surface area contributed by atoms with Crippen molar-refractivity contribution >= 4 is 23.5 Å². The number of carbonyl (C=O) groups is 3. The number of ether oxygens (including phenoxy) is 4. The van der Waals surface area contributed by atoms with Crippen LogP contribution in [-0.4, -0.2) is 85.7 Å². The molecule has 15 heteroatoms. The van der Waals surface area contributed by atoms with E-state index in [1.165, 1.54) is 12.3 Å². The Morgan fingerprint density at radius 1 is 0.804 bits per heavy atom. The van der Waals surface area contributed by atoms with Crippen molar-refractivity contribution < 1.29 is 51.6 Å². The molecule has 4 aromatic rings. The van der Waals surface area contributed by atoms with Gasteiger partial charge in [0, 0.05) is 23.9 Å². The highest BCUT2D eigenvalue weighted by atomic mass is 19.4. The maximum atomic E-state index is 13.9. The van der Waals surface area contributed by atoms with Gasteiger partial charge in [0.1, 0.15) is 5.69 Å². The molecular weight excluding hydrogens is 733 g/mol. The summed E-state index contributed by atoms with van der Waals surface area (Å²) in [7, 11) is 0. The Labute approximate surface area is 322 Å². The number of aryl methyl sites for hydroxylation is 2. The number of benzene rings is 3. The van der Waals surface area contributed by atoms with Crippen LogP contribution in [0.3, 0.4) is 0 Å². The minimum Gasteiger partial charge on any atom is -0.481 e. The van der Waals surface area contributed by atoms with Gasteiger partial charge >= 0.3 is 12.1 Å². The molecule has 2 amide bonds. The van der Waals surface area contributed by atoms with E-state index in [2.05, 4.69) is 20.6 Å². The molecule has 1 heterocycles. The van der Waals surface area contributed by atoms with Crippen molar-refractivity contribution in [2.75, 3.05) is 58.2 Å². The second kappa shape index (κ2) is 21.2. The fourth-order valence-corrected chi connectivity index (χ4v) is 6.13. The first-order valence-electron chi connectivity index (χ1n) is 18.4. The normalized spacial score (nSPS) is 13.9. The monoisotopic (exact) mass is 778 g/mol. The number of carboxylic acids is 1. The van der Waals surface area contributed by atoms with E-state index in [1.54, 1.807) is 18.2 Å². The molecule has 3 N–H and O–H groups in total. The van der Waals surface area contributed by atoms with Crippen LogP contribution in [0.1, 0.15) is 74.8 Å². The molecule has 56 heavy (non-hydrogen) atoms. The van der Waals surface area contributed by atoms with Crippen molar-refractivity contribution in [3.05, 3.63) is 113 Å². The first kappa shape index (κ1) is 41.9. The lowest BCUT2D eigenvalue weighted by Crippen LogP contribution is -2.31. The minimum absolute atomic E-state index is 0.0165. The van der Waals surface area contributed by atoms with Gasteiger partial charge in [-0.3, -0.25) is 14.4 Å². The maximum Gasteiger partial charge on any atom is 0.416 e. The van der Waals surface area contributed by atoms with Crippen molar-refractivity contribution in [1.82, 2.24) is 15.3 Å². The molecule has 1 aliphatic carbocycles. The molecular formula is C41H45F3N4O8. The fourth-order valence-electron chi connectivity index (χ4n) is 6.13. The van der Waals surface area contributed by atoms with E-state index in [0.717, 1.165) is 54.2 Å². The third-order valence-corrected chi connectivity index (χ3v) is 8.92. The quantitative estimate of drug-likeness (QED) is 0.0778. The molecule has 3 aromatic carbocycles. The van der Waals surface area contributed by atoms with Gasteiger partial charge in [-0.05, 0) is 85.2 Å². The van der Waals surface area contributed by atoms with Gasteiger partial charge in [0.15, 0.2) is 5.82 Å². The average molecular weight is 779 g/mol. The lowest BCUT2D eigenvalue weighted by atomic mass is 9.87. The summed E-state index contributed by atoms with van der Waals surface area (Å²) in [6, 6.07) is 18.9. The molecule has 1 atom stereocenters. The van der Waals surface area contributed by atoms with Crippen molar-refractivity contribution in [1.29, 1.82) is 0 Å². The second-order valence-corrected chi connectivity index (χ2v) is 13.0. The zero-order valence-electron chi connectivity index (χ0n) is 30.8. The number of aromatic nitrogens is 2. The molecule has 0 bridgehead atoms. The standard InChI is InChI=1S/C41H45F3N4O8/c42-41(43,44)31-13-14-35(33(27-31)38-45-17-15-36(46-38)40(52)48-34-12-4-9-29-8-1-2-11-32(29)34)47-39(51)30-10-3-6-28(26-30)7-5-18-53-20-22-55-24-25-56-23-21-54-19-16-37(49)50/h1-3,6,8,10-11,13-15,17,26-27,34H,4-5,7,9,12,16,18-25H2,(H,47,51)(H,48,52)(H,49,50)/t34-/m0/s1. The van der Waals surface area contributed by atoms with Crippen LogP contribution in [0, 0.1) is 0 Å². The topological polar surface area (TPSA) is 158 Å². The summed E-state index contributed by atoms with van der Waals surface area (Å²) in [4.78, 5) is 45.8. The van der Waals surface area contributed by atoms with Gasteiger partial charge < -0.3 is 34.7 Å². The molecule has 0 saturated heterocycles. The molecule has 0 aliphatic heterocycles. The molecule has 1 aromatic heterocycles. The molecule has 0 fully saturated rings.